The van der Waals surface area contributed by atoms with Gasteiger partial charge in [-0.15, -0.1) is 0 Å². The highest BCUT2D eigenvalue weighted by molar-refractivity contribution is 6.30. The van der Waals surface area contributed by atoms with Gasteiger partial charge < -0.3 is 14.2 Å². The number of esters is 2. The number of rotatable bonds is 4. The minimum Gasteiger partial charge on any atom is -0.465 e. The zero-order valence-electron chi connectivity index (χ0n) is 13.4. The molecule has 0 aliphatic carbocycles. The Morgan fingerprint density at radius 2 is 1.40 bits per heavy atom. The number of methoxy groups -OCH3 is 2. The molecule has 0 aliphatic heterocycles. The van der Waals surface area contributed by atoms with Crippen LogP contribution in [0.1, 0.15) is 20.7 Å². The fourth-order valence-corrected chi connectivity index (χ4v) is 2.05. The van der Waals surface area contributed by atoms with Crippen LogP contribution in [-0.2, 0) is 9.47 Å². The highest BCUT2D eigenvalue weighted by atomic mass is 35.5. The van der Waals surface area contributed by atoms with Crippen LogP contribution in [0.3, 0.4) is 0 Å². The number of hydrogen-bond donors (Lipinski definition) is 1. The van der Waals surface area contributed by atoms with Gasteiger partial charge in [-0.3, -0.25) is 5.32 Å². The van der Waals surface area contributed by atoms with E-state index in [1.165, 1.54) is 44.6 Å². The Balaban J connectivity index is 2.21. The molecular formula is C17H14ClNO6. The highest BCUT2D eigenvalue weighted by Gasteiger charge is 2.15. The highest BCUT2D eigenvalue weighted by Crippen LogP contribution is 2.19. The van der Waals surface area contributed by atoms with Gasteiger partial charge in [0.2, 0.25) is 0 Å². The topological polar surface area (TPSA) is 90.9 Å². The molecule has 0 fully saturated rings. The number of carbonyl (C=O) groups excluding carboxylic acids is 3. The summed E-state index contributed by atoms with van der Waals surface area (Å²) in [6.45, 7) is 0. The van der Waals surface area contributed by atoms with Crippen molar-refractivity contribution in [3.63, 3.8) is 0 Å². The molecule has 1 amide bonds. The Morgan fingerprint density at radius 3 is 1.88 bits per heavy atom. The predicted molar refractivity (Wildman–Crippen MR) is 90.2 cm³/mol. The SMILES string of the molecule is COC(=O)c1cc(NC(=O)Oc2ccc(Cl)cc2)cc(C(=O)OC)c1. The van der Waals surface area contributed by atoms with Crippen molar-refractivity contribution in [1.82, 2.24) is 0 Å². The summed E-state index contributed by atoms with van der Waals surface area (Å²) < 4.78 is 14.3. The van der Waals surface area contributed by atoms with Gasteiger partial charge in [-0.2, -0.15) is 0 Å². The molecule has 0 saturated carbocycles. The van der Waals surface area contributed by atoms with E-state index in [-0.39, 0.29) is 22.6 Å². The predicted octanol–water partition coefficient (Wildman–Crippen LogP) is 3.52. The molecule has 130 valence electrons. The molecule has 0 spiro atoms. The van der Waals surface area contributed by atoms with Gasteiger partial charge in [-0.25, -0.2) is 14.4 Å². The van der Waals surface area contributed by atoms with Crippen LogP contribution in [0, 0.1) is 0 Å². The van der Waals surface area contributed by atoms with Gasteiger partial charge >= 0.3 is 18.0 Å². The summed E-state index contributed by atoms with van der Waals surface area (Å²) in [6.07, 6.45) is -0.805. The number of nitrogens with one attached hydrogen (secondary N) is 1. The molecule has 7 nitrogen and oxygen atoms in total. The number of benzene rings is 2. The number of hydrogen-bond acceptors (Lipinski definition) is 6. The lowest BCUT2D eigenvalue weighted by atomic mass is 10.1. The van der Waals surface area contributed by atoms with E-state index in [1.807, 2.05) is 0 Å². The largest absolute Gasteiger partial charge is 0.465 e. The van der Waals surface area contributed by atoms with Crippen LogP contribution in [0.2, 0.25) is 5.02 Å². The summed E-state index contributed by atoms with van der Waals surface area (Å²) in [5.41, 5.74) is 0.321. The van der Waals surface area contributed by atoms with Gasteiger partial charge in [-0.05, 0) is 42.5 Å². The van der Waals surface area contributed by atoms with Crippen LogP contribution in [0.5, 0.6) is 5.75 Å². The minimum atomic E-state index is -0.805. The van der Waals surface area contributed by atoms with Crippen molar-refractivity contribution in [2.45, 2.75) is 0 Å². The lowest BCUT2D eigenvalue weighted by molar-refractivity contribution is 0.0599. The lowest BCUT2D eigenvalue weighted by Gasteiger charge is -2.10. The van der Waals surface area contributed by atoms with E-state index in [1.54, 1.807) is 12.1 Å². The van der Waals surface area contributed by atoms with Crippen molar-refractivity contribution in [3.8, 4) is 5.75 Å². The van der Waals surface area contributed by atoms with E-state index in [2.05, 4.69) is 14.8 Å². The first kappa shape index (κ1) is 18.3. The van der Waals surface area contributed by atoms with Crippen LogP contribution >= 0.6 is 11.6 Å². The second-order valence-corrected chi connectivity index (χ2v) is 5.19. The molecule has 2 rings (SSSR count). The van der Waals surface area contributed by atoms with E-state index in [0.717, 1.165) is 0 Å². The van der Waals surface area contributed by atoms with Crippen molar-refractivity contribution >= 4 is 35.3 Å². The molecule has 2 aromatic rings. The lowest BCUT2D eigenvalue weighted by Crippen LogP contribution is -2.18. The van der Waals surface area contributed by atoms with E-state index in [4.69, 9.17) is 16.3 Å². The summed E-state index contributed by atoms with van der Waals surface area (Å²) in [4.78, 5) is 35.4. The number of anilines is 1. The van der Waals surface area contributed by atoms with Gasteiger partial charge in [0.15, 0.2) is 0 Å². The normalized spacial score (nSPS) is 9.88. The molecule has 0 aromatic heterocycles. The van der Waals surface area contributed by atoms with E-state index in [0.29, 0.717) is 5.02 Å². The molecule has 1 N–H and O–H groups in total. The fraction of sp³-hybridized carbons (Fsp3) is 0.118. The van der Waals surface area contributed by atoms with Gasteiger partial charge in [0.25, 0.3) is 0 Å². The Morgan fingerprint density at radius 1 is 0.880 bits per heavy atom. The zero-order valence-corrected chi connectivity index (χ0v) is 14.1. The Bertz CT molecular complexity index is 769. The first-order chi connectivity index (χ1) is 11.9. The average molecular weight is 364 g/mol. The van der Waals surface area contributed by atoms with Gasteiger partial charge in [0, 0.05) is 10.7 Å². The third-order valence-electron chi connectivity index (χ3n) is 3.05. The molecule has 8 heteroatoms. The average Bonchev–Trinajstić information content (AvgIpc) is 2.61. The molecular weight excluding hydrogens is 350 g/mol. The van der Waals surface area contributed by atoms with Gasteiger partial charge in [0.05, 0.1) is 25.3 Å². The van der Waals surface area contributed by atoms with E-state index >= 15 is 0 Å². The molecule has 25 heavy (non-hydrogen) atoms. The monoisotopic (exact) mass is 363 g/mol. The molecule has 0 heterocycles. The number of ether oxygens (including phenoxy) is 3. The van der Waals surface area contributed by atoms with Crippen molar-refractivity contribution in [2.24, 2.45) is 0 Å². The second-order valence-electron chi connectivity index (χ2n) is 4.75. The van der Waals surface area contributed by atoms with E-state index < -0.39 is 18.0 Å². The van der Waals surface area contributed by atoms with Crippen LogP contribution in [0.25, 0.3) is 0 Å². The maximum absolute atomic E-state index is 12.0. The molecule has 0 bridgehead atoms. The zero-order chi connectivity index (χ0) is 18.4. The molecule has 2 aromatic carbocycles. The summed E-state index contributed by atoms with van der Waals surface area (Å²) in [7, 11) is 2.41. The third kappa shape index (κ3) is 4.95. The molecule has 0 aliphatic rings. The summed E-state index contributed by atoms with van der Waals surface area (Å²) in [5, 5.41) is 2.94. The Hall–Kier alpha value is -3.06. The van der Waals surface area contributed by atoms with E-state index in [9.17, 15) is 14.4 Å². The van der Waals surface area contributed by atoms with Crippen LogP contribution in [0.15, 0.2) is 42.5 Å². The Labute approximate surface area is 148 Å². The van der Waals surface area contributed by atoms with Crippen LogP contribution in [-0.4, -0.2) is 32.3 Å². The smallest absolute Gasteiger partial charge is 0.417 e. The van der Waals surface area contributed by atoms with Gasteiger partial charge in [0.1, 0.15) is 5.75 Å². The maximum atomic E-state index is 12.0. The van der Waals surface area contributed by atoms with Crippen molar-refractivity contribution in [2.75, 3.05) is 19.5 Å². The Kier molecular flexibility index (Phi) is 5.97. The van der Waals surface area contributed by atoms with Crippen LogP contribution < -0.4 is 10.1 Å². The fourth-order valence-electron chi connectivity index (χ4n) is 1.92. The molecule has 0 atom stereocenters. The summed E-state index contributed by atoms with van der Waals surface area (Å²) in [5.74, 6) is -1.06. The van der Waals surface area contributed by atoms with Crippen molar-refractivity contribution in [1.29, 1.82) is 0 Å². The number of amides is 1. The maximum Gasteiger partial charge on any atom is 0.417 e. The third-order valence-corrected chi connectivity index (χ3v) is 3.30. The quantitative estimate of drug-likeness (QED) is 0.836. The molecule has 0 saturated heterocycles. The van der Waals surface area contributed by atoms with Crippen LogP contribution in [0.4, 0.5) is 10.5 Å². The van der Waals surface area contributed by atoms with Crippen molar-refractivity contribution < 1.29 is 28.6 Å². The molecule has 0 unspecified atom stereocenters. The minimum absolute atomic E-state index is 0.0761. The first-order valence-corrected chi connectivity index (χ1v) is 7.37. The summed E-state index contributed by atoms with van der Waals surface area (Å²) >= 11 is 5.76. The second kappa shape index (κ2) is 8.16. The van der Waals surface area contributed by atoms with Gasteiger partial charge in [-0.1, -0.05) is 11.6 Å². The first-order valence-electron chi connectivity index (χ1n) is 6.99. The summed E-state index contributed by atoms with van der Waals surface area (Å²) in [6, 6.07) is 10.2. The number of halogens is 1. The van der Waals surface area contributed by atoms with Crippen molar-refractivity contribution in [3.05, 3.63) is 58.6 Å². The molecule has 0 radical (unpaired) electrons. The number of carbonyl (C=O) groups is 3. The standard InChI is InChI=1S/C17H14ClNO6/c1-23-15(20)10-7-11(16(21)24-2)9-13(8-10)19-17(22)25-14-5-3-12(18)4-6-14/h3-9H,1-2H3,(H,19,22).